The predicted molar refractivity (Wildman–Crippen MR) is 68.8 cm³/mol. The number of hydroxylamine groups is 2. The lowest BCUT2D eigenvalue weighted by atomic mass is 9.90. The van der Waals surface area contributed by atoms with Gasteiger partial charge in [0, 0.05) is 19.0 Å². The third kappa shape index (κ3) is 2.47. The summed E-state index contributed by atoms with van der Waals surface area (Å²) in [5.74, 6) is 1.29. The van der Waals surface area contributed by atoms with Crippen LogP contribution in [-0.4, -0.2) is 25.6 Å². The Morgan fingerprint density at radius 1 is 1.25 bits per heavy atom. The van der Waals surface area contributed by atoms with E-state index in [0.29, 0.717) is 11.8 Å². The van der Waals surface area contributed by atoms with E-state index < -0.39 is 0 Å². The largest absolute Gasteiger partial charge is 0.366 e. The standard InChI is InChI=1S/C13H20BNO/c1-10-4-6-12(7-5-10)13-9-15(16-14-3)8-11(13)2/h4-7,11,13-14H,8-9H2,1-3H3. The molecule has 0 aliphatic carbocycles. The second-order valence-corrected chi connectivity index (χ2v) is 4.76. The highest BCUT2D eigenvalue weighted by Crippen LogP contribution is 2.32. The average molecular weight is 217 g/mol. The Kier molecular flexibility index (Phi) is 3.67. The Balaban J connectivity index is 2.07. The van der Waals surface area contributed by atoms with Crippen molar-refractivity contribution >= 4 is 7.48 Å². The van der Waals surface area contributed by atoms with Gasteiger partial charge in [0.25, 0.3) is 0 Å². The number of rotatable bonds is 3. The highest BCUT2D eigenvalue weighted by atomic mass is 16.6. The molecule has 86 valence electrons. The van der Waals surface area contributed by atoms with Crippen molar-refractivity contribution in [2.24, 2.45) is 5.92 Å². The molecule has 1 aromatic carbocycles. The molecule has 16 heavy (non-hydrogen) atoms. The van der Waals surface area contributed by atoms with E-state index >= 15 is 0 Å². The zero-order valence-corrected chi connectivity index (χ0v) is 10.4. The van der Waals surface area contributed by atoms with Gasteiger partial charge in [-0.1, -0.05) is 43.6 Å². The first-order valence-corrected chi connectivity index (χ1v) is 6.15. The molecule has 0 radical (unpaired) electrons. The molecule has 1 heterocycles. The van der Waals surface area contributed by atoms with Gasteiger partial charge in [0.1, 0.15) is 0 Å². The zero-order valence-electron chi connectivity index (χ0n) is 10.4. The molecule has 2 nitrogen and oxygen atoms in total. The monoisotopic (exact) mass is 217 g/mol. The number of hydrogen-bond acceptors (Lipinski definition) is 2. The molecule has 1 aliphatic rings. The van der Waals surface area contributed by atoms with Crippen LogP contribution in [0.5, 0.6) is 0 Å². The van der Waals surface area contributed by atoms with E-state index in [1.54, 1.807) is 0 Å². The molecular formula is C13H20BNO. The topological polar surface area (TPSA) is 12.5 Å². The second kappa shape index (κ2) is 5.02. The Bertz CT molecular complexity index is 338. The molecule has 1 fully saturated rings. The summed E-state index contributed by atoms with van der Waals surface area (Å²) in [6.45, 7) is 8.56. The van der Waals surface area contributed by atoms with Gasteiger partial charge in [0.05, 0.1) is 0 Å². The van der Waals surface area contributed by atoms with Gasteiger partial charge in [0.15, 0.2) is 0 Å². The van der Waals surface area contributed by atoms with Crippen molar-refractivity contribution in [3.63, 3.8) is 0 Å². The molecule has 0 N–H and O–H groups in total. The van der Waals surface area contributed by atoms with E-state index in [1.165, 1.54) is 11.1 Å². The molecule has 2 rings (SSSR count). The summed E-state index contributed by atoms with van der Waals surface area (Å²) in [5.41, 5.74) is 2.77. The van der Waals surface area contributed by atoms with Crippen LogP contribution in [0.4, 0.5) is 0 Å². The maximum atomic E-state index is 5.58. The van der Waals surface area contributed by atoms with Gasteiger partial charge >= 0.3 is 7.48 Å². The van der Waals surface area contributed by atoms with Crippen LogP contribution in [0, 0.1) is 12.8 Å². The molecule has 0 spiro atoms. The summed E-state index contributed by atoms with van der Waals surface area (Å²) in [4.78, 5) is 0. The second-order valence-electron chi connectivity index (χ2n) is 4.76. The first kappa shape index (κ1) is 11.7. The first-order chi connectivity index (χ1) is 7.70. The lowest BCUT2D eigenvalue weighted by Crippen LogP contribution is -2.22. The van der Waals surface area contributed by atoms with Crippen molar-refractivity contribution in [1.82, 2.24) is 5.06 Å². The summed E-state index contributed by atoms with van der Waals surface area (Å²) >= 11 is 0. The van der Waals surface area contributed by atoms with Crippen LogP contribution >= 0.6 is 0 Å². The van der Waals surface area contributed by atoms with Crippen molar-refractivity contribution in [2.75, 3.05) is 13.1 Å². The molecule has 0 amide bonds. The van der Waals surface area contributed by atoms with Crippen LogP contribution in [0.2, 0.25) is 6.82 Å². The van der Waals surface area contributed by atoms with Crippen LogP contribution in [0.3, 0.4) is 0 Å². The highest BCUT2D eigenvalue weighted by molar-refractivity contribution is 6.24. The minimum atomic E-state index is 0.618. The number of benzene rings is 1. The minimum Gasteiger partial charge on any atom is -0.366 e. The Morgan fingerprint density at radius 2 is 1.94 bits per heavy atom. The summed E-state index contributed by atoms with van der Waals surface area (Å²) in [5, 5.41) is 2.11. The molecule has 1 saturated heterocycles. The van der Waals surface area contributed by atoms with Crippen molar-refractivity contribution < 1.29 is 4.76 Å². The van der Waals surface area contributed by atoms with Gasteiger partial charge in [-0.2, -0.15) is 0 Å². The maximum Gasteiger partial charge on any atom is 0.301 e. The molecule has 2 atom stereocenters. The van der Waals surface area contributed by atoms with Gasteiger partial charge in [-0.15, -0.1) is 0 Å². The number of aryl methyl sites for hydroxylation is 1. The average Bonchev–Trinajstić information content (AvgIpc) is 2.61. The quantitative estimate of drug-likeness (QED) is 0.720. The fraction of sp³-hybridized carbons (Fsp3) is 0.538. The molecule has 0 saturated carbocycles. The van der Waals surface area contributed by atoms with Crippen LogP contribution < -0.4 is 0 Å². The third-order valence-electron chi connectivity index (χ3n) is 3.40. The summed E-state index contributed by atoms with van der Waals surface area (Å²) in [7, 11) is 0.771. The van der Waals surface area contributed by atoms with Gasteiger partial charge in [-0.3, -0.25) is 0 Å². The molecule has 1 aliphatic heterocycles. The molecule has 0 bridgehead atoms. The normalized spacial score (nSPS) is 25.9. The summed E-state index contributed by atoms with van der Waals surface area (Å²) < 4.78 is 5.58. The van der Waals surface area contributed by atoms with Crippen molar-refractivity contribution in [3.05, 3.63) is 35.4 Å². The van der Waals surface area contributed by atoms with Gasteiger partial charge in [0.2, 0.25) is 0 Å². The Hall–Kier alpha value is -0.795. The highest BCUT2D eigenvalue weighted by Gasteiger charge is 2.30. The van der Waals surface area contributed by atoms with Crippen molar-refractivity contribution in [3.8, 4) is 0 Å². The summed E-state index contributed by atoms with van der Waals surface area (Å²) in [6, 6.07) is 8.91. The number of nitrogens with zero attached hydrogens (tertiary/aromatic N) is 1. The van der Waals surface area contributed by atoms with E-state index in [4.69, 9.17) is 4.76 Å². The van der Waals surface area contributed by atoms with Crippen molar-refractivity contribution in [2.45, 2.75) is 26.6 Å². The lowest BCUT2D eigenvalue weighted by Gasteiger charge is -2.15. The maximum absolute atomic E-state index is 5.58. The smallest absolute Gasteiger partial charge is 0.301 e. The minimum absolute atomic E-state index is 0.618. The van der Waals surface area contributed by atoms with E-state index in [2.05, 4.69) is 43.2 Å². The van der Waals surface area contributed by atoms with E-state index in [9.17, 15) is 0 Å². The Labute approximate surface area is 98.8 Å². The third-order valence-corrected chi connectivity index (χ3v) is 3.40. The number of hydrogen-bond donors (Lipinski definition) is 0. The fourth-order valence-corrected chi connectivity index (χ4v) is 2.46. The van der Waals surface area contributed by atoms with Crippen LogP contribution in [0.1, 0.15) is 24.0 Å². The Morgan fingerprint density at radius 3 is 2.56 bits per heavy atom. The molecule has 2 unspecified atom stereocenters. The van der Waals surface area contributed by atoms with Crippen LogP contribution in [-0.2, 0) is 4.76 Å². The van der Waals surface area contributed by atoms with E-state index in [0.717, 1.165) is 20.6 Å². The van der Waals surface area contributed by atoms with Crippen LogP contribution in [0.15, 0.2) is 24.3 Å². The van der Waals surface area contributed by atoms with Gasteiger partial charge in [-0.05, 0) is 18.4 Å². The fourth-order valence-electron chi connectivity index (χ4n) is 2.46. The molecular weight excluding hydrogens is 197 g/mol. The van der Waals surface area contributed by atoms with Crippen molar-refractivity contribution in [1.29, 1.82) is 0 Å². The van der Waals surface area contributed by atoms with Gasteiger partial charge in [-0.25, -0.2) is 5.06 Å². The lowest BCUT2D eigenvalue weighted by molar-refractivity contribution is -0.0356. The predicted octanol–water partition coefficient (Wildman–Crippen LogP) is 2.36. The van der Waals surface area contributed by atoms with E-state index in [-0.39, 0.29) is 0 Å². The SMILES string of the molecule is CBON1CC(C)C(c2ccc(C)cc2)C1. The first-order valence-electron chi connectivity index (χ1n) is 6.15. The van der Waals surface area contributed by atoms with Gasteiger partial charge < -0.3 is 4.76 Å². The molecule has 1 aromatic rings. The van der Waals surface area contributed by atoms with E-state index in [1.807, 2.05) is 6.82 Å². The zero-order chi connectivity index (χ0) is 11.5. The van der Waals surface area contributed by atoms with Crippen LogP contribution in [0.25, 0.3) is 0 Å². The summed E-state index contributed by atoms with van der Waals surface area (Å²) in [6.07, 6.45) is 0. The molecule has 0 aromatic heterocycles. The molecule has 3 heteroatoms.